The van der Waals surface area contributed by atoms with Gasteiger partial charge in [0.2, 0.25) is 3.79 Å². The third kappa shape index (κ3) is 8.50. The van der Waals surface area contributed by atoms with E-state index in [1.54, 1.807) is 0 Å². The van der Waals surface area contributed by atoms with Crippen LogP contribution in [0.1, 0.15) is 36.4 Å². The van der Waals surface area contributed by atoms with Crippen LogP contribution in [0, 0.1) is 13.8 Å². The molecule has 0 aromatic carbocycles. The molecule has 0 amide bonds. The van der Waals surface area contributed by atoms with E-state index in [1.807, 2.05) is 0 Å². The van der Waals surface area contributed by atoms with Gasteiger partial charge in [0.15, 0.2) is 0 Å². The van der Waals surface area contributed by atoms with Crippen LogP contribution in [0.25, 0.3) is 0 Å². The van der Waals surface area contributed by atoms with Crippen molar-refractivity contribution in [3.63, 3.8) is 0 Å². The number of phosphoric ester groups is 1. The Bertz CT molecular complexity index is 1500. The Hall–Kier alpha value is -1.82. The van der Waals surface area contributed by atoms with E-state index in [2.05, 4.69) is 9.97 Å². The number of halogens is 3. The first-order chi connectivity index (χ1) is 20.6. The van der Waals surface area contributed by atoms with Crippen LogP contribution in [0.3, 0.4) is 0 Å². The fraction of sp³-hybridized carbons (Fsp3) is 0.667. The maximum Gasteiger partial charge on any atom is 0.475 e. The molecule has 16 nitrogen and oxygen atoms in total. The second-order valence-electron chi connectivity index (χ2n) is 10.2. The summed E-state index contributed by atoms with van der Waals surface area (Å²) in [5.74, 6) is 0. The SMILES string of the molecule is CO[C@H]1C[C@H](n2cc(C)c(=O)[nH]c2=O)O[C@@H]1COP(=O)(OC[C@H]1O[C@@H](n2cc(C)c(=O)[nH]c2=O)C[C@@H]1OC)OCC(Cl)(Cl)Cl. The predicted molar refractivity (Wildman–Crippen MR) is 157 cm³/mol. The van der Waals surface area contributed by atoms with Crippen molar-refractivity contribution in [2.24, 2.45) is 0 Å². The van der Waals surface area contributed by atoms with Crippen molar-refractivity contribution in [2.45, 2.75) is 67.4 Å². The van der Waals surface area contributed by atoms with Gasteiger partial charge in [0, 0.05) is 50.6 Å². The number of hydrogen-bond donors (Lipinski definition) is 2. The molecule has 246 valence electrons. The summed E-state index contributed by atoms with van der Waals surface area (Å²) in [7, 11) is -1.63. The topological polar surface area (TPSA) is 191 Å². The number of phosphoric acid groups is 1. The van der Waals surface area contributed by atoms with E-state index in [0.717, 1.165) is 0 Å². The number of hydrogen-bond acceptors (Lipinski definition) is 12. The Labute approximate surface area is 265 Å². The van der Waals surface area contributed by atoms with Crippen LogP contribution in [0.15, 0.2) is 31.6 Å². The molecular weight excluding hydrogens is 674 g/mol. The molecule has 0 aliphatic carbocycles. The molecule has 0 radical (unpaired) electrons. The minimum Gasteiger partial charge on any atom is -0.378 e. The Morgan fingerprint density at radius 2 is 1.23 bits per heavy atom. The third-order valence-electron chi connectivity index (χ3n) is 7.06. The number of methoxy groups -OCH3 is 2. The van der Waals surface area contributed by atoms with Gasteiger partial charge in [-0.25, -0.2) is 14.2 Å². The number of aryl methyl sites for hydroxylation is 2. The lowest BCUT2D eigenvalue weighted by atomic mass is 10.2. The second-order valence-corrected chi connectivity index (χ2v) is 14.3. The highest BCUT2D eigenvalue weighted by molar-refractivity contribution is 7.48. The van der Waals surface area contributed by atoms with Crippen molar-refractivity contribution in [1.29, 1.82) is 0 Å². The number of aromatic nitrogens is 4. The van der Waals surface area contributed by atoms with Crippen molar-refractivity contribution in [2.75, 3.05) is 34.0 Å². The summed E-state index contributed by atoms with van der Waals surface area (Å²) < 4.78 is 53.5. The van der Waals surface area contributed by atoms with Gasteiger partial charge in [-0.15, -0.1) is 0 Å². The summed E-state index contributed by atoms with van der Waals surface area (Å²) in [6.07, 6.45) is -1.46. The highest BCUT2D eigenvalue weighted by Crippen LogP contribution is 2.52. The van der Waals surface area contributed by atoms with Crippen LogP contribution < -0.4 is 22.5 Å². The molecule has 20 heteroatoms. The molecule has 0 bridgehead atoms. The predicted octanol–water partition coefficient (Wildman–Crippen LogP) is 1.84. The Morgan fingerprint density at radius 1 is 0.818 bits per heavy atom. The molecule has 6 atom stereocenters. The largest absolute Gasteiger partial charge is 0.475 e. The van der Waals surface area contributed by atoms with E-state index < -0.39 is 90.8 Å². The molecule has 4 heterocycles. The van der Waals surface area contributed by atoms with Crippen molar-refractivity contribution in [3.05, 3.63) is 65.2 Å². The highest BCUT2D eigenvalue weighted by Gasteiger charge is 2.43. The van der Waals surface area contributed by atoms with Gasteiger partial charge in [-0.3, -0.25) is 42.3 Å². The number of aromatic amines is 2. The third-order valence-corrected chi connectivity index (χ3v) is 8.76. The molecular formula is C24H32Cl3N4O12P. The standard InChI is InChI=1S/C24H32Cl3N4O12P/c1-12-7-30(22(34)28-20(12)32)18-5-14(37-3)16(42-18)9-39-44(36,41-11-24(25,26)27)40-10-17-15(38-4)6-19(43-17)31-8-13(2)21(33)29-23(31)35/h7-8,14-19H,5-6,9-11H2,1-4H3,(H,28,32,34)(H,29,33,35)/t14-,15-,16+,17+,18+,19+/m0/s1. The first-order valence-electron chi connectivity index (χ1n) is 13.2. The van der Waals surface area contributed by atoms with Crippen molar-refractivity contribution < 1.29 is 37.1 Å². The van der Waals surface area contributed by atoms with Crippen molar-refractivity contribution in [3.8, 4) is 0 Å². The summed E-state index contributed by atoms with van der Waals surface area (Å²) >= 11 is 17.4. The minimum atomic E-state index is -4.48. The van der Waals surface area contributed by atoms with Gasteiger partial charge < -0.3 is 18.9 Å². The molecule has 2 fully saturated rings. The summed E-state index contributed by atoms with van der Waals surface area (Å²) in [6.45, 7) is 1.63. The zero-order valence-corrected chi connectivity index (χ0v) is 27.2. The van der Waals surface area contributed by atoms with Gasteiger partial charge in [-0.1, -0.05) is 34.8 Å². The van der Waals surface area contributed by atoms with E-state index in [1.165, 1.54) is 49.6 Å². The monoisotopic (exact) mass is 704 g/mol. The van der Waals surface area contributed by atoms with Gasteiger partial charge in [-0.05, 0) is 13.8 Å². The van der Waals surface area contributed by atoms with Crippen LogP contribution in [0.4, 0.5) is 0 Å². The number of nitrogens with one attached hydrogen (secondary N) is 2. The molecule has 2 aromatic heterocycles. The minimum absolute atomic E-state index is 0.201. The quantitative estimate of drug-likeness (QED) is 0.241. The number of ether oxygens (including phenoxy) is 4. The van der Waals surface area contributed by atoms with Gasteiger partial charge >= 0.3 is 19.2 Å². The molecule has 2 N–H and O–H groups in total. The van der Waals surface area contributed by atoms with Crippen LogP contribution in [-0.2, 0) is 37.1 Å². The van der Waals surface area contributed by atoms with E-state index in [-0.39, 0.29) is 12.8 Å². The zero-order chi connectivity index (χ0) is 32.4. The Balaban J connectivity index is 1.46. The van der Waals surface area contributed by atoms with Gasteiger partial charge in [0.25, 0.3) is 11.1 Å². The maximum absolute atomic E-state index is 13.7. The molecule has 2 aliphatic rings. The number of nitrogens with zero attached hydrogens (tertiary/aromatic N) is 2. The second kappa shape index (κ2) is 14.3. The highest BCUT2D eigenvalue weighted by atomic mass is 35.6. The average Bonchev–Trinajstić information content (AvgIpc) is 3.57. The number of H-pyrrole nitrogens is 2. The number of rotatable bonds is 12. The molecule has 44 heavy (non-hydrogen) atoms. The maximum atomic E-state index is 13.7. The van der Waals surface area contributed by atoms with Gasteiger partial charge in [0.1, 0.15) is 31.3 Å². The lowest BCUT2D eigenvalue weighted by Crippen LogP contribution is -2.33. The first-order valence-corrected chi connectivity index (χ1v) is 15.8. The Morgan fingerprint density at radius 3 is 1.59 bits per heavy atom. The van der Waals surface area contributed by atoms with E-state index in [0.29, 0.717) is 11.1 Å². The molecule has 0 unspecified atom stereocenters. The molecule has 2 saturated heterocycles. The van der Waals surface area contributed by atoms with E-state index in [4.69, 9.17) is 67.3 Å². The van der Waals surface area contributed by atoms with E-state index >= 15 is 0 Å². The lowest BCUT2D eigenvalue weighted by Gasteiger charge is -2.25. The summed E-state index contributed by atoms with van der Waals surface area (Å²) in [5.41, 5.74) is -1.80. The lowest BCUT2D eigenvalue weighted by molar-refractivity contribution is -0.0673. The zero-order valence-electron chi connectivity index (χ0n) is 24.0. The molecule has 0 spiro atoms. The molecule has 0 saturated carbocycles. The summed E-state index contributed by atoms with van der Waals surface area (Å²) in [6, 6.07) is 0. The van der Waals surface area contributed by atoms with Crippen molar-refractivity contribution in [1.82, 2.24) is 19.1 Å². The Kier molecular flexibility index (Phi) is 11.4. The van der Waals surface area contributed by atoms with Crippen LogP contribution in [0.5, 0.6) is 0 Å². The smallest absolute Gasteiger partial charge is 0.378 e. The molecule has 4 rings (SSSR count). The fourth-order valence-corrected chi connectivity index (χ4v) is 6.36. The van der Waals surface area contributed by atoms with Gasteiger partial charge in [0.05, 0.1) is 25.4 Å². The summed E-state index contributed by atoms with van der Waals surface area (Å²) in [4.78, 5) is 52.7. The van der Waals surface area contributed by atoms with E-state index in [9.17, 15) is 23.7 Å². The fourth-order valence-electron chi connectivity index (χ4n) is 4.73. The number of alkyl halides is 3. The average molecular weight is 706 g/mol. The van der Waals surface area contributed by atoms with Crippen LogP contribution in [-0.4, -0.2) is 81.4 Å². The van der Waals surface area contributed by atoms with Crippen LogP contribution >= 0.6 is 42.6 Å². The van der Waals surface area contributed by atoms with Crippen LogP contribution in [0.2, 0.25) is 0 Å². The normalized spacial score (nSPS) is 26.0. The first kappa shape index (κ1) is 35.0. The van der Waals surface area contributed by atoms with Gasteiger partial charge in [-0.2, -0.15) is 0 Å². The van der Waals surface area contributed by atoms with Crippen molar-refractivity contribution >= 4 is 42.6 Å². The molecule has 2 aromatic rings. The molecule has 2 aliphatic heterocycles. The summed E-state index contributed by atoms with van der Waals surface area (Å²) in [5, 5.41) is 0.